The monoisotopic (exact) mass is 238 g/mol. The van der Waals surface area contributed by atoms with Crippen LogP contribution in [0.3, 0.4) is 0 Å². The molecule has 0 N–H and O–H groups in total. The van der Waals surface area contributed by atoms with Gasteiger partial charge in [0, 0.05) is 5.69 Å². The van der Waals surface area contributed by atoms with E-state index < -0.39 is 0 Å². The number of aryl methyl sites for hydroxylation is 1. The van der Waals surface area contributed by atoms with Crippen LogP contribution >= 0.6 is 11.3 Å². The first kappa shape index (κ1) is 10.8. The minimum Gasteiger partial charge on any atom is -0.462 e. The van der Waals surface area contributed by atoms with Crippen LogP contribution in [0.2, 0.25) is 0 Å². The van der Waals surface area contributed by atoms with Crippen molar-refractivity contribution in [2.45, 2.75) is 13.8 Å². The van der Waals surface area contributed by atoms with E-state index in [9.17, 15) is 9.59 Å². The summed E-state index contributed by atoms with van der Waals surface area (Å²) in [5, 5.41) is 0. The zero-order chi connectivity index (χ0) is 11.7. The number of carbonyl (C=O) groups excluding carboxylic acids is 2. The molecule has 0 atom stereocenters. The molecule has 6 heteroatoms. The van der Waals surface area contributed by atoms with E-state index in [1.54, 1.807) is 18.2 Å². The Balaban J connectivity index is 2.56. The van der Waals surface area contributed by atoms with E-state index in [2.05, 4.69) is 4.98 Å². The fourth-order valence-electron chi connectivity index (χ4n) is 1.49. The second-order valence-electron chi connectivity index (χ2n) is 3.16. The largest absolute Gasteiger partial charge is 0.462 e. The average Bonchev–Trinajstić information content (AvgIpc) is 2.79. The first-order valence-electron chi connectivity index (χ1n) is 4.78. The molecule has 0 radical (unpaired) electrons. The van der Waals surface area contributed by atoms with Crippen LogP contribution in [-0.2, 0) is 4.74 Å². The second-order valence-corrected chi connectivity index (χ2v) is 4.13. The fourth-order valence-corrected chi connectivity index (χ4v) is 2.50. The number of imidazole rings is 1. The third-order valence-electron chi connectivity index (χ3n) is 2.20. The number of rotatable bonds is 3. The Kier molecular flexibility index (Phi) is 2.74. The average molecular weight is 238 g/mol. The molecule has 0 aliphatic rings. The minimum atomic E-state index is -0.368. The van der Waals surface area contributed by atoms with Crippen LogP contribution in [0.5, 0.6) is 0 Å². The quantitative estimate of drug-likeness (QED) is 0.603. The van der Waals surface area contributed by atoms with Gasteiger partial charge in [0.2, 0.25) is 0 Å². The molecule has 0 aromatic carbocycles. The third kappa shape index (κ3) is 1.51. The summed E-state index contributed by atoms with van der Waals surface area (Å²) in [5.41, 5.74) is 1.14. The number of aromatic nitrogens is 2. The minimum absolute atomic E-state index is 0.332. The fraction of sp³-hybridized carbons (Fsp3) is 0.300. The topological polar surface area (TPSA) is 60.7 Å². The van der Waals surface area contributed by atoms with E-state index >= 15 is 0 Å². The Hall–Kier alpha value is -1.69. The molecule has 0 bridgehead atoms. The second kappa shape index (κ2) is 4.05. The van der Waals surface area contributed by atoms with Gasteiger partial charge < -0.3 is 4.74 Å². The van der Waals surface area contributed by atoms with Gasteiger partial charge in [-0.1, -0.05) is 11.3 Å². The number of nitrogens with zero attached hydrogens (tertiary/aromatic N) is 2. The van der Waals surface area contributed by atoms with Crippen molar-refractivity contribution >= 4 is 28.6 Å². The van der Waals surface area contributed by atoms with Crippen LogP contribution in [0.1, 0.15) is 32.8 Å². The summed E-state index contributed by atoms with van der Waals surface area (Å²) in [5.74, 6) is -0.368. The number of aldehydes is 1. The number of hydrogen-bond acceptors (Lipinski definition) is 5. The number of ether oxygens (including phenoxy) is 1. The normalized spacial score (nSPS) is 10.6. The predicted molar refractivity (Wildman–Crippen MR) is 59.2 cm³/mol. The Labute approximate surface area is 95.7 Å². The zero-order valence-electron chi connectivity index (χ0n) is 8.89. The number of esters is 1. The molecule has 16 heavy (non-hydrogen) atoms. The molecule has 2 aromatic heterocycles. The van der Waals surface area contributed by atoms with Gasteiger partial charge in [0.25, 0.3) is 0 Å². The van der Waals surface area contributed by atoms with Crippen molar-refractivity contribution in [3.8, 4) is 0 Å². The molecular weight excluding hydrogens is 228 g/mol. The first-order valence-corrected chi connectivity index (χ1v) is 5.59. The van der Waals surface area contributed by atoms with E-state index in [1.165, 1.54) is 17.5 Å². The number of hydrogen-bond donors (Lipinski definition) is 0. The molecule has 2 rings (SSSR count). The molecule has 0 aliphatic carbocycles. The van der Waals surface area contributed by atoms with E-state index in [0.717, 1.165) is 0 Å². The SMILES string of the molecule is CCOC(=O)c1sc2ncc(C=O)n2c1C. The van der Waals surface area contributed by atoms with Gasteiger partial charge in [0.1, 0.15) is 10.6 Å². The van der Waals surface area contributed by atoms with E-state index in [4.69, 9.17) is 4.74 Å². The van der Waals surface area contributed by atoms with Crippen molar-refractivity contribution in [1.82, 2.24) is 9.38 Å². The van der Waals surface area contributed by atoms with E-state index in [-0.39, 0.29) is 5.97 Å². The molecule has 0 saturated heterocycles. The lowest BCUT2D eigenvalue weighted by Gasteiger charge is -1.99. The van der Waals surface area contributed by atoms with Gasteiger partial charge in [0.15, 0.2) is 11.2 Å². The lowest BCUT2D eigenvalue weighted by atomic mass is 10.4. The molecule has 0 fully saturated rings. The maximum atomic E-state index is 11.6. The van der Waals surface area contributed by atoms with Crippen molar-refractivity contribution in [3.05, 3.63) is 22.5 Å². The summed E-state index contributed by atoms with van der Waals surface area (Å²) in [4.78, 5) is 27.5. The Bertz CT molecular complexity index is 556. The summed E-state index contributed by atoms with van der Waals surface area (Å²) >= 11 is 1.23. The summed E-state index contributed by atoms with van der Waals surface area (Å²) in [6.45, 7) is 3.85. The van der Waals surface area contributed by atoms with Crippen LogP contribution in [0.25, 0.3) is 4.96 Å². The first-order chi connectivity index (χ1) is 7.69. The highest BCUT2D eigenvalue weighted by Crippen LogP contribution is 2.24. The molecule has 0 unspecified atom stereocenters. The zero-order valence-corrected chi connectivity index (χ0v) is 9.71. The summed E-state index contributed by atoms with van der Waals surface area (Å²) in [7, 11) is 0. The van der Waals surface area contributed by atoms with Gasteiger partial charge in [-0.25, -0.2) is 9.78 Å². The maximum absolute atomic E-state index is 11.6. The Morgan fingerprint density at radius 1 is 1.69 bits per heavy atom. The van der Waals surface area contributed by atoms with Crippen LogP contribution in [-0.4, -0.2) is 28.2 Å². The predicted octanol–water partition coefficient (Wildman–Crippen LogP) is 1.69. The van der Waals surface area contributed by atoms with Gasteiger partial charge in [-0.2, -0.15) is 0 Å². The highest BCUT2D eigenvalue weighted by molar-refractivity contribution is 7.19. The van der Waals surface area contributed by atoms with Crippen molar-refractivity contribution in [3.63, 3.8) is 0 Å². The smallest absolute Gasteiger partial charge is 0.350 e. The summed E-state index contributed by atoms with van der Waals surface area (Å²) in [6.07, 6.45) is 2.20. The van der Waals surface area contributed by atoms with Crippen LogP contribution < -0.4 is 0 Å². The van der Waals surface area contributed by atoms with Gasteiger partial charge in [-0.05, 0) is 13.8 Å². The molecule has 0 aliphatic heterocycles. The molecule has 84 valence electrons. The highest BCUT2D eigenvalue weighted by atomic mass is 32.1. The third-order valence-corrected chi connectivity index (χ3v) is 3.33. The van der Waals surface area contributed by atoms with Crippen molar-refractivity contribution in [2.24, 2.45) is 0 Å². The molecule has 5 nitrogen and oxygen atoms in total. The molecule has 0 saturated carbocycles. The summed E-state index contributed by atoms with van der Waals surface area (Å²) < 4.78 is 6.58. The molecule has 2 heterocycles. The Morgan fingerprint density at radius 2 is 2.44 bits per heavy atom. The molecule has 2 aromatic rings. The van der Waals surface area contributed by atoms with Gasteiger partial charge >= 0.3 is 5.97 Å². The van der Waals surface area contributed by atoms with Gasteiger partial charge in [-0.15, -0.1) is 0 Å². The molecule has 0 amide bonds. The number of thiazole rings is 1. The van der Waals surface area contributed by atoms with E-state index in [0.29, 0.717) is 34.1 Å². The molecule has 0 spiro atoms. The number of carbonyl (C=O) groups is 2. The Morgan fingerprint density at radius 3 is 3.06 bits per heavy atom. The van der Waals surface area contributed by atoms with Crippen LogP contribution in [0.4, 0.5) is 0 Å². The van der Waals surface area contributed by atoms with E-state index in [1.807, 2.05) is 0 Å². The standard InChI is InChI=1S/C10H10N2O3S/c1-3-15-9(14)8-6(2)12-7(5-13)4-11-10(12)16-8/h4-5H,3H2,1-2H3. The maximum Gasteiger partial charge on any atom is 0.350 e. The van der Waals surface area contributed by atoms with Crippen molar-refractivity contribution < 1.29 is 14.3 Å². The lowest BCUT2D eigenvalue weighted by Crippen LogP contribution is -2.05. The van der Waals surface area contributed by atoms with Crippen molar-refractivity contribution in [2.75, 3.05) is 6.61 Å². The lowest BCUT2D eigenvalue weighted by molar-refractivity contribution is 0.0530. The van der Waals surface area contributed by atoms with Gasteiger partial charge in [-0.3, -0.25) is 9.20 Å². The van der Waals surface area contributed by atoms with Crippen LogP contribution in [0, 0.1) is 6.92 Å². The highest BCUT2D eigenvalue weighted by Gasteiger charge is 2.19. The summed E-state index contributed by atoms with van der Waals surface area (Å²) in [6, 6.07) is 0. The van der Waals surface area contributed by atoms with Crippen molar-refractivity contribution in [1.29, 1.82) is 0 Å². The number of fused-ring (bicyclic) bond motifs is 1. The molecular formula is C10H10N2O3S. The van der Waals surface area contributed by atoms with Crippen LogP contribution in [0.15, 0.2) is 6.20 Å². The van der Waals surface area contributed by atoms with Gasteiger partial charge in [0.05, 0.1) is 12.8 Å².